The maximum Gasteiger partial charge on any atom is 0.226 e. The lowest BCUT2D eigenvalue weighted by Gasteiger charge is -2.14. The number of hydrogen-bond acceptors (Lipinski definition) is 7. The number of hydrogen-bond donors (Lipinski definition) is 4. The lowest BCUT2D eigenvalue weighted by Crippen LogP contribution is -2.17. The van der Waals surface area contributed by atoms with Gasteiger partial charge in [-0.2, -0.15) is 5.10 Å². The van der Waals surface area contributed by atoms with Crippen LogP contribution in [-0.2, 0) is 11.3 Å². The maximum absolute atomic E-state index is 14.6. The summed E-state index contributed by atoms with van der Waals surface area (Å²) >= 11 is 0. The van der Waals surface area contributed by atoms with E-state index in [-0.39, 0.29) is 23.8 Å². The van der Waals surface area contributed by atoms with Gasteiger partial charge in [-0.05, 0) is 67.2 Å². The lowest BCUT2D eigenvalue weighted by atomic mass is 10.0. The van der Waals surface area contributed by atoms with Gasteiger partial charge in [0, 0.05) is 41.4 Å². The van der Waals surface area contributed by atoms with Gasteiger partial charge in [0.25, 0.3) is 0 Å². The van der Waals surface area contributed by atoms with Crippen LogP contribution in [0.3, 0.4) is 0 Å². The van der Waals surface area contributed by atoms with Crippen molar-refractivity contribution in [2.45, 2.75) is 26.6 Å². The van der Waals surface area contributed by atoms with Crippen molar-refractivity contribution in [2.75, 3.05) is 30.0 Å². The summed E-state index contributed by atoms with van der Waals surface area (Å²) in [6.07, 6.45) is 6.62. The van der Waals surface area contributed by atoms with Gasteiger partial charge in [0.2, 0.25) is 5.91 Å². The third-order valence-corrected chi connectivity index (χ3v) is 7.04. The molecule has 1 amide bonds. The normalized spacial score (nSPS) is 14.3. The maximum atomic E-state index is 14.6. The Morgan fingerprint density at radius 3 is 2.61 bits per heavy atom. The van der Waals surface area contributed by atoms with Crippen molar-refractivity contribution < 1.29 is 9.18 Å². The quantitative estimate of drug-likeness (QED) is 0.196. The molecule has 1 unspecified atom stereocenters. The number of rotatable bonds is 7. The van der Waals surface area contributed by atoms with Gasteiger partial charge < -0.3 is 20.9 Å². The molecular formula is C31H31FN8O. The Hall–Kier alpha value is -4.83. The van der Waals surface area contributed by atoms with Gasteiger partial charge in [-0.15, -0.1) is 0 Å². The fraction of sp³-hybridized carbons (Fsp3) is 0.226. The van der Waals surface area contributed by atoms with Crippen LogP contribution in [0.1, 0.15) is 31.3 Å². The molecule has 1 aliphatic rings. The first-order valence-electron chi connectivity index (χ1n) is 13.4. The van der Waals surface area contributed by atoms with Crippen molar-refractivity contribution >= 4 is 33.9 Å². The molecule has 2 aromatic carbocycles. The molecule has 1 atom stereocenters. The van der Waals surface area contributed by atoms with Crippen LogP contribution in [0.5, 0.6) is 0 Å². The average molecular weight is 551 g/mol. The van der Waals surface area contributed by atoms with Crippen molar-refractivity contribution in [3.8, 4) is 22.3 Å². The molecule has 9 nitrogen and oxygen atoms in total. The van der Waals surface area contributed by atoms with Gasteiger partial charge in [-0.3, -0.25) is 19.9 Å². The molecule has 41 heavy (non-hydrogen) atoms. The van der Waals surface area contributed by atoms with Crippen LogP contribution in [-0.4, -0.2) is 45.1 Å². The van der Waals surface area contributed by atoms with Gasteiger partial charge in [0.05, 0.1) is 40.7 Å². The summed E-state index contributed by atoms with van der Waals surface area (Å²) in [4.78, 5) is 23.0. The molecule has 0 saturated heterocycles. The highest BCUT2D eigenvalue weighted by Gasteiger charge is 2.27. The number of H-pyrrole nitrogens is 1. The van der Waals surface area contributed by atoms with Gasteiger partial charge in [0.15, 0.2) is 0 Å². The predicted molar refractivity (Wildman–Crippen MR) is 160 cm³/mol. The van der Waals surface area contributed by atoms with Crippen LogP contribution in [0.15, 0.2) is 67.3 Å². The molecular weight excluding hydrogens is 519 g/mol. The van der Waals surface area contributed by atoms with E-state index in [9.17, 15) is 9.18 Å². The summed E-state index contributed by atoms with van der Waals surface area (Å²) in [5.41, 5.74) is 8.27. The molecule has 0 aliphatic carbocycles. The SMILES string of the molecule is CC(C)C(=O)Nc1cncc(-c2ccc3n[nH]c(C4Nc5cncc(-c6cc(F)cc(CN(C)C)c6)c5N4)c3c2)c1. The Balaban J connectivity index is 1.31. The molecule has 208 valence electrons. The number of carbonyl (C=O) groups is 1. The van der Waals surface area contributed by atoms with Crippen LogP contribution < -0.4 is 16.0 Å². The first-order valence-corrected chi connectivity index (χ1v) is 13.4. The van der Waals surface area contributed by atoms with E-state index in [0.717, 1.165) is 55.8 Å². The molecule has 4 heterocycles. The van der Waals surface area contributed by atoms with Crippen molar-refractivity contribution in [1.29, 1.82) is 0 Å². The summed E-state index contributed by atoms with van der Waals surface area (Å²) in [6, 6.07) is 13.0. The zero-order chi connectivity index (χ0) is 28.7. The van der Waals surface area contributed by atoms with Crippen LogP contribution in [0.4, 0.5) is 21.5 Å². The molecule has 10 heteroatoms. The predicted octanol–water partition coefficient (Wildman–Crippen LogP) is 6.02. The number of benzene rings is 2. The molecule has 1 aliphatic heterocycles. The van der Waals surface area contributed by atoms with Crippen LogP contribution >= 0.6 is 0 Å². The van der Waals surface area contributed by atoms with Crippen molar-refractivity contribution in [1.82, 2.24) is 25.1 Å². The van der Waals surface area contributed by atoms with Crippen LogP contribution in [0, 0.1) is 11.7 Å². The molecule has 3 aromatic heterocycles. The Morgan fingerprint density at radius 2 is 1.80 bits per heavy atom. The van der Waals surface area contributed by atoms with E-state index in [2.05, 4.69) is 42.2 Å². The van der Waals surface area contributed by atoms with E-state index in [1.54, 1.807) is 30.9 Å². The number of aromatic amines is 1. The minimum Gasteiger partial charge on any atom is -0.358 e. The Labute approximate surface area is 237 Å². The molecule has 5 aromatic rings. The minimum absolute atomic E-state index is 0.0597. The first kappa shape index (κ1) is 26.4. The molecule has 0 bridgehead atoms. The number of amides is 1. The first-order chi connectivity index (χ1) is 19.7. The zero-order valence-corrected chi connectivity index (χ0v) is 23.3. The number of aromatic nitrogens is 4. The lowest BCUT2D eigenvalue weighted by molar-refractivity contribution is -0.118. The van der Waals surface area contributed by atoms with Crippen molar-refractivity contribution in [3.63, 3.8) is 0 Å². The summed E-state index contributed by atoms with van der Waals surface area (Å²) in [5.74, 6) is -0.472. The number of pyridine rings is 2. The Morgan fingerprint density at radius 1 is 0.976 bits per heavy atom. The monoisotopic (exact) mass is 550 g/mol. The number of nitrogens with zero attached hydrogens (tertiary/aromatic N) is 4. The summed E-state index contributed by atoms with van der Waals surface area (Å²) in [6.45, 7) is 4.33. The summed E-state index contributed by atoms with van der Waals surface area (Å²) < 4.78 is 14.6. The largest absolute Gasteiger partial charge is 0.358 e. The zero-order valence-electron chi connectivity index (χ0n) is 23.3. The van der Waals surface area contributed by atoms with E-state index >= 15 is 0 Å². The average Bonchev–Trinajstić information content (AvgIpc) is 3.56. The van der Waals surface area contributed by atoms with Gasteiger partial charge >= 0.3 is 0 Å². The number of anilines is 3. The van der Waals surface area contributed by atoms with E-state index in [1.165, 1.54) is 6.07 Å². The second-order valence-electron chi connectivity index (χ2n) is 10.9. The highest BCUT2D eigenvalue weighted by atomic mass is 19.1. The number of halogens is 1. The second-order valence-corrected chi connectivity index (χ2v) is 10.9. The number of carbonyl (C=O) groups excluding carboxylic acids is 1. The summed E-state index contributed by atoms with van der Waals surface area (Å²) in [5, 5.41) is 18.6. The number of nitrogens with one attached hydrogen (secondary N) is 4. The highest BCUT2D eigenvalue weighted by Crippen LogP contribution is 2.43. The van der Waals surface area contributed by atoms with Crippen molar-refractivity contribution in [3.05, 3.63) is 84.3 Å². The molecule has 0 spiro atoms. The van der Waals surface area contributed by atoms with E-state index in [1.807, 2.05) is 57.1 Å². The third-order valence-electron chi connectivity index (χ3n) is 7.04. The molecule has 6 rings (SSSR count). The van der Waals surface area contributed by atoms with Gasteiger partial charge in [0.1, 0.15) is 12.0 Å². The van der Waals surface area contributed by atoms with E-state index in [0.29, 0.717) is 12.2 Å². The van der Waals surface area contributed by atoms with Crippen LogP contribution in [0.25, 0.3) is 33.2 Å². The van der Waals surface area contributed by atoms with E-state index in [4.69, 9.17) is 0 Å². The van der Waals surface area contributed by atoms with Gasteiger partial charge in [-0.25, -0.2) is 4.39 Å². The standard InChI is InChI=1S/C31H31FN8O/c1-17(2)31(41)35-23-10-21(12-33-13-23)19-5-6-26-24(11-19)29(39-38-26)30-36-27-15-34-14-25(28(27)37-30)20-7-18(16-40(3)4)8-22(32)9-20/h5-15,17,30,36-37H,16H2,1-4H3,(H,35,41)(H,38,39). The van der Waals surface area contributed by atoms with Crippen LogP contribution in [0.2, 0.25) is 0 Å². The molecule has 0 saturated carbocycles. The molecule has 0 fully saturated rings. The second kappa shape index (κ2) is 10.6. The smallest absolute Gasteiger partial charge is 0.226 e. The Bertz CT molecular complexity index is 1760. The highest BCUT2D eigenvalue weighted by molar-refractivity contribution is 5.94. The Kier molecular flexibility index (Phi) is 6.84. The van der Waals surface area contributed by atoms with E-state index < -0.39 is 0 Å². The molecule has 0 radical (unpaired) electrons. The fourth-order valence-electron chi connectivity index (χ4n) is 5.07. The van der Waals surface area contributed by atoms with Crippen molar-refractivity contribution in [2.24, 2.45) is 5.92 Å². The summed E-state index contributed by atoms with van der Waals surface area (Å²) in [7, 11) is 3.92. The number of fused-ring (bicyclic) bond motifs is 2. The van der Waals surface area contributed by atoms with Gasteiger partial charge in [-0.1, -0.05) is 19.9 Å². The third kappa shape index (κ3) is 5.33. The topological polar surface area (TPSA) is 111 Å². The fourth-order valence-corrected chi connectivity index (χ4v) is 5.07. The minimum atomic E-state index is -0.308. The molecule has 4 N–H and O–H groups in total.